The summed E-state index contributed by atoms with van der Waals surface area (Å²) in [6, 6.07) is 0. The molecule has 78 valence electrons. The number of amides is 1. The first-order valence-corrected chi connectivity index (χ1v) is 4.65. The topological polar surface area (TPSA) is 68.5 Å². The molecule has 1 heterocycles. The molecule has 6 nitrogen and oxygen atoms in total. The van der Waals surface area contributed by atoms with Crippen LogP contribution in [0.5, 0.6) is 0 Å². The van der Waals surface area contributed by atoms with Gasteiger partial charge in [0, 0.05) is 33.0 Å². The molecule has 0 radical (unpaired) electrons. The molecule has 0 aromatic carbocycles. The SMILES string of the molecule is COCc1nnc(SC(=O)N(C)C)o1. The lowest BCUT2D eigenvalue weighted by atomic mass is 10.7. The van der Waals surface area contributed by atoms with Crippen LogP contribution in [-0.2, 0) is 11.3 Å². The van der Waals surface area contributed by atoms with Gasteiger partial charge in [-0.15, -0.1) is 10.2 Å². The Balaban J connectivity index is 2.55. The first kappa shape index (κ1) is 11.0. The van der Waals surface area contributed by atoms with Crippen LogP contribution in [0.15, 0.2) is 9.64 Å². The number of hydrogen-bond acceptors (Lipinski definition) is 6. The number of methoxy groups -OCH3 is 1. The average molecular weight is 217 g/mol. The quantitative estimate of drug-likeness (QED) is 0.703. The minimum absolute atomic E-state index is 0.155. The van der Waals surface area contributed by atoms with E-state index in [9.17, 15) is 4.79 Å². The Bertz CT molecular complexity index is 313. The van der Waals surface area contributed by atoms with E-state index in [-0.39, 0.29) is 17.1 Å². The molecule has 0 saturated carbocycles. The zero-order valence-electron chi connectivity index (χ0n) is 8.18. The maximum atomic E-state index is 11.2. The predicted molar refractivity (Wildman–Crippen MR) is 50.0 cm³/mol. The van der Waals surface area contributed by atoms with Crippen molar-refractivity contribution >= 4 is 17.0 Å². The summed E-state index contributed by atoms with van der Waals surface area (Å²) < 4.78 is 9.91. The largest absolute Gasteiger partial charge is 0.413 e. The summed E-state index contributed by atoms with van der Waals surface area (Å²) in [4.78, 5) is 12.6. The number of thioether (sulfide) groups is 1. The van der Waals surface area contributed by atoms with E-state index in [4.69, 9.17) is 9.15 Å². The van der Waals surface area contributed by atoms with Crippen molar-refractivity contribution in [3.05, 3.63) is 5.89 Å². The van der Waals surface area contributed by atoms with E-state index in [0.29, 0.717) is 5.89 Å². The highest BCUT2D eigenvalue weighted by Gasteiger charge is 2.13. The third-order valence-electron chi connectivity index (χ3n) is 1.26. The molecule has 0 N–H and O–H groups in total. The van der Waals surface area contributed by atoms with Crippen molar-refractivity contribution in [1.29, 1.82) is 0 Å². The molecule has 0 aliphatic heterocycles. The number of ether oxygens (including phenoxy) is 1. The maximum absolute atomic E-state index is 11.2. The lowest BCUT2D eigenvalue weighted by molar-refractivity contribution is 0.155. The highest BCUT2D eigenvalue weighted by atomic mass is 32.2. The van der Waals surface area contributed by atoms with E-state index in [1.165, 1.54) is 12.0 Å². The van der Waals surface area contributed by atoms with Gasteiger partial charge in [0.2, 0.25) is 5.89 Å². The maximum Gasteiger partial charge on any atom is 0.290 e. The van der Waals surface area contributed by atoms with Crippen LogP contribution in [-0.4, -0.2) is 41.5 Å². The number of aromatic nitrogens is 2. The Morgan fingerprint density at radius 2 is 2.29 bits per heavy atom. The molecule has 0 saturated heterocycles. The van der Waals surface area contributed by atoms with Crippen molar-refractivity contribution in [1.82, 2.24) is 15.1 Å². The number of hydrogen-bond donors (Lipinski definition) is 0. The van der Waals surface area contributed by atoms with Gasteiger partial charge in [-0.1, -0.05) is 0 Å². The van der Waals surface area contributed by atoms with E-state index < -0.39 is 0 Å². The van der Waals surface area contributed by atoms with Gasteiger partial charge in [0.15, 0.2) is 0 Å². The highest BCUT2D eigenvalue weighted by Crippen LogP contribution is 2.18. The van der Waals surface area contributed by atoms with Crippen molar-refractivity contribution in [2.45, 2.75) is 11.8 Å². The Hall–Kier alpha value is -1.08. The monoisotopic (exact) mass is 217 g/mol. The van der Waals surface area contributed by atoms with Crippen molar-refractivity contribution in [2.24, 2.45) is 0 Å². The third-order valence-corrected chi connectivity index (χ3v) is 2.14. The smallest absolute Gasteiger partial charge is 0.290 e. The summed E-state index contributed by atoms with van der Waals surface area (Å²) >= 11 is 0.890. The normalized spacial score (nSPS) is 10.2. The number of nitrogens with zero attached hydrogens (tertiary/aromatic N) is 3. The minimum atomic E-state index is -0.155. The van der Waals surface area contributed by atoms with Crippen LogP contribution in [0.25, 0.3) is 0 Å². The molecule has 0 fully saturated rings. The molecular weight excluding hydrogens is 206 g/mol. The van der Waals surface area contributed by atoms with Crippen LogP contribution in [0.4, 0.5) is 4.79 Å². The fourth-order valence-corrected chi connectivity index (χ4v) is 1.18. The molecule has 1 amide bonds. The summed E-state index contributed by atoms with van der Waals surface area (Å²) in [6.07, 6.45) is 0. The average Bonchev–Trinajstić information content (AvgIpc) is 2.53. The van der Waals surface area contributed by atoms with Crippen LogP contribution < -0.4 is 0 Å². The Morgan fingerprint density at radius 3 is 2.86 bits per heavy atom. The van der Waals surface area contributed by atoms with E-state index in [0.717, 1.165) is 11.8 Å². The van der Waals surface area contributed by atoms with Crippen LogP contribution in [0, 0.1) is 0 Å². The molecule has 0 bridgehead atoms. The second-order valence-corrected chi connectivity index (χ2v) is 3.56. The van der Waals surface area contributed by atoms with Gasteiger partial charge < -0.3 is 14.1 Å². The molecule has 0 unspecified atom stereocenters. The zero-order valence-corrected chi connectivity index (χ0v) is 9.00. The number of carbonyl (C=O) groups excluding carboxylic acids is 1. The summed E-state index contributed by atoms with van der Waals surface area (Å²) in [5, 5.41) is 7.44. The molecule has 1 aromatic rings. The fraction of sp³-hybridized carbons (Fsp3) is 0.571. The van der Waals surface area contributed by atoms with Crippen molar-refractivity contribution < 1.29 is 13.9 Å². The Labute approximate surface area is 85.6 Å². The molecule has 0 aliphatic carbocycles. The number of rotatable bonds is 3. The van der Waals surface area contributed by atoms with Gasteiger partial charge in [0.1, 0.15) is 6.61 Å². The molecule has 7 heteroatoms. The molecule has 14 heavy (non-hydrogen) atoms. The van der Waals surface area contributed by atoms with Gasteiger partial charge in [-0.2, -0.15) is 0 Å². The number of carbonyl (C=O) groups is 1. The second kappa shape index (κ2) is 4.97. The third kappa shape index (κ3) is 3.00. The summed E-state index contributed by atoms with van der Waals surface area (Å²) in [5.74, 6) is 0.363. The summed E-state index contributed by atoms with van der Waals surface area (Å²) in [5.41, 5.74) is 0. The minimum Gasteiger partial charge on any atom is -0.413 e. The van der Waals surface area contributed by atoms with Gasteiger partial charge >= 0.3 is 0 Å². The van der Waals surface area contributed by atoms with Crippen LogP contribution in [0.2, 0.25) is 0 Å². The first-order chi connectivity index (χ1) is 6.63. The van der Waals surface area contributed by atoms with Crippen LogP contribution in [0.3, 0.4) is 0 Å². The van der Waals surface area contributed by atoms with E-state index >= 15 is 0 Å². The summed E-state index contributed by atoms with van der Waals surface area (Å²) in [6.45, 7) is 0.254. The van der Waals surface area contributed by atoms with Gasteiger partial charge in [-0.3, -0.25) is 4.79 Å². The van der Waals surface area contributed by atoms with E-state index in [1.807, 2.05) is 0 Å². The molecule has 0 spiro atoms. The molecule has 0 atom stereocenters. The van der Waals surface area contributed by atoms with Crippen molar-refractivity contribution in [3.63, 3.8) is 0 Å². The lowest BCUT2D eigenvalue weighted by Gasteiger charge is -2.05. The first-order valence-electron chi connectivity index (χ1n) is 3.84. The van der Waals surface area contributed by atoms with E-state index in [1.54, 1.807) is 14.1 Å². The molecule has 1 rings (SSSR count). The summed E-state index contributed by atoms with van der Waals surface area (Å²) in [7, 11) is 4.84. The Kier molecular flexibility index (Phi) is 3.90. The highest BCUT2D eigenvalue weighted by molar-refractivity contribution is 8.13. The van der Waals surface area contributed by atoms with Gasteiger partial charge in [-0.25, -0.2) is 0 Å². The van der Waals surface area contributed by atoms with Gasteiger partial charge in [0.05, 0.1) is 0 Å². The van der Waals surface area contributed by atoms with Crippen LogP contribution >= 0.6 is 11.8 Å². The fourth-order valence-electron chi connectivity index (χ4n) is 0.627. The lowest BCUT2D eigenvalue weighted by Crippen LogP contribution is -2.16. The van der Waals surface area contributed by atoms with E-state index in [2.05, 4.69) is 10.2 Å². The van der Waals surface area contributed by atoms with Gasteiger partial charge in [0.25, 0.3) is 10.5 Å². The predicted octanol–water partition coefficient (Wildman–Crippen LogP) is 0.990. The molecule has 0 aliphatic rings. The standard InChI is InChI=1S/C7H11N3O3S/c1-10(2)7(11)14-6-9-8-5(13-6)4-12-3/h4H2,1-3H3. The van der Waals surface area contributed by atoms with Gasteiger partial charge in [-0.05, 0) is 0 Å². The van der Waals surface area contributed by atoms with Crippen LogP contribution in [0.1, 0.15) is 5.89 Å². The zero-order chi connectivity index (χ0) is 10.6. The Morgan fingerprint density at radius 1 is 1.57 bits per heavy atom. The van der Waals surface area contributed by atoms with Crippen molar-refractivity contribution in [2.75, 3.05) is 21.2 Å². The second-order valence-electron chi connectivity index (χ2n) is 2.66. The molecular formula is C7H11N3O3S. The van der Waals surface area contributed by atoms with Crippen molar-refractivity contribution in [3.8, 4) is 0 Å². The molecule has 1 aromatic heterocycles.